The van der Waals surface area contributed by atoms with Crippen LogP contribution in [0.4, 0.5) is 0 Å². The second kappa shape index (κ2) is 5.36. The molecular formula is C12H22N2. The summed E-state index contributed by atoms with van der Waals surface area (Å²) in [6.07, 6.45) is 6.59. The molecule has 0 spiro atoms. The zero-order valence-electron chi connectivity index (χ0n) is 9.47. The van der Waals surface area contributed by atoms with Gasteiger partial charge < -0.3 is 5.32 Å². The summed E-state index contributed by atoms with van der Waals surface area (Å²) in [6.45, 7) is 6.11. The Balaban J connectivity index is 1.91. The van der Waals surface area contributed by atoms with Crippen LogP contribution >= 0.6 is 0 Å². The van der Waals surface area contributed by atoms with Crippen molar-refractivity contribution in [1.29, 1.82) is 5.26 Å². The number of hydrogen-bond acceptors (Lipinski definition) is 2. The standard InChI is InChI=1S/C12H22N2/c1-12(2,10-13)7-9-14-8-6-11-4-3-5-11/h11,14H,3-9H2,1-2H3. The summed E-state index contributed by atoms with van der Waals surface area (Å²) in [5, 5.41) is 12.2. The van der Waals surface area contributed by atoms with Crippen LogP contribution < -0.4 is 5.32 Å². The van der Waals surface area contributed by atoms with E-state index in [1.165, 1.54) is 25.7 Å². The van der Waals surface area contributed by atoms with Crippen LogP contribution in [0.2, 0.25) is 0 Å². The van der Waals surface area contributed by atoms with Gasteiger partial charge in [-0.25, -0.2) is 0 Å². The van der Waals surface area contributed by atoms with Gasteiger partial charge in [-0.15, -0.1) is 0 Å². The third kappa shape index (κ3) is 4.11. The van der Waals surface area contributed by atoms with Crippen molar-refractivity contribution < 1.29 is 0 Å². The van der Waals surface area contributed by atoms with Crippen molar-refractivity contribution in [1.82, 2.24) is 5.32 Å². The first-order chi connectivity index (χ1) is 6.64. The molecule has 2 nitrogen and oxygen atoms in total. The average molecular weight is 194 g/mol. The number of rotatable bonds is 6. The van der Waals surface area contributed by atoms with Crippen molar-refractivity contribution in [3.05, 3.63) is 0 Å². The molecule has 1 N–H and O–H groups in total. The van der Waals surface area contributed by atoms with Gasteiger partial charge in [0.15, 0.2) is 0 Å². The van der Waals surface area contributed by atoms with E-state index in [2.05, 4.69) is 11.4 Å². The van der Waals surface area contributed by atoms with Crippen LogP contribution in [-0.2, 0) is 0 Å². The van der Waals surface area contributed by atoms with Crippen molar-refractivity contribution >= 4 is 0 Å². The molecule has 0 aromatic heterocycles. The molecule has 1 aliphatic carbocycles. The first-order valence-electron chi connectivity index (χ1n) is 5.76. The lowest BCUT2D eigenvalue weighted by Gasteiger charge is -2.25. The summed E-state index contributed by atoms with van der Waals surface area (Å²) < 4.78 is 0. The minimum atomic E-state index is -0.163. The molecule has 0 aliphatic heterocycles. The average Bonchev–Trinajstić information content (AvgIpc) is 2.08. The molecule has 0 saturated heterocycles. The van der Waals surface area contributed by atoms with E-state index < -0.39 is 0 Å². The Bertz CT molecular complexity index is 199. The maximum Gasteiger partial charge on any atom is 0.0684 e. The zero-order valence-corrected chi connectivity index (χ0v) is 9.47. The van der Waals surface area contributed by atoms with E-state index in [1.54, 1.807) is 0 Å². The summed E-state index contributed by atoms with van der Waals surface area (Å²) in [6, 6.07) is 2.32. The Labute approximate surface area is 87.7 Å². The summed E-state index contributed by atoms with van der Waals surface area (Å²) in [4.78, 5) is 0. The van der Waals surface area contributed by atoms with Gasteiger partial charge in [0.05, 0.1) is 11.5 Å². The van der Waals surface area contributed by atoms with Crippen molar-refractivity contribution in [3.63, 3.8) is 0 Å². The van der Waals surface area contributed by atoms with Gasteiger partial charge >= 0.3 is 0 Å². The molecule has 0 atom stereocenters. The second-order valence-electron chi connectivity index (χ2n) is 5.08. The second-order valence-corrected chi connectivity index (χ2v) is 5.08. The van der Waals surface area contributed by atoms with Crippen LogP contribution in [0.25, 0.3) is 0 Å². The first kappa shape index (κ1) is 11.5. The summed E-state index contributed by atoms with van der Waals surface area (Å²) in [5.41, 5.74) is -0.163. The molecule has 0 aromatic rings. The highest BCUT2D eigenvalue weighted by Crippen LogP contribution is 2.28. The lowest BCUT2D eigenvalue weighted by atomic mass is 9.83. The van der Waals surface area contributed by atoms with Gasteiger partial charge in [0.25, 0.3) is 0 Å². The van der Waals surface area contributed by atoms with Crippen LogP contribution in [0.1, 0.15) is 46.0 Å². The maximum atomic E-state index is 8.81. The molecule has 1 saturated carbocycles. The normalized spacial score (nSPS) is 17.5. The summed E-state index contributed by atoms with van der Waals surface area (Å²) >= 11 is 0. The van der Waals surface area contributed by atoms with Crippen molar-refractivity contribution in [2.24, 2.45) is 11.3 Å². The minimum absolute atomic E-state index is 0.163. The molecule has 80 valence electrons. The smallest absolute Gasteiger partial charge is 0.0684 e. The molecule has 0 radical (unpaired) electrons. The number of nitrogens with one attached hydrogen (secondary N) is 1. The molecule has 1 aliphatic rings. The Morgan fingerprint density at radius 3 is 2.57 bits per heavy atom. The monoisotopic (exact) mass is 194 g/mol. The van der Waals surface area contributed by atoms with Crippen LogP contribution in [0.5, 0.6) is 0 Å². The SMILES string of the molecule is CC(C)(C#N)CCNCCC1CCC1. The maximum absolute atomic E-state index is 8.81. The fourth-order valence-electron chi connectivity index (χ4n) is 1.67. The lowest BCUT2D eigenvalue weighted by Crippen LogP contribution is -2.25. The van der Waals surface area contributed by atoms with Gasteiger partial charge in [0, 0.05) is 0 Å². The van der Waals surface area contributed by atoms with E-state index in [-0.39, 0.29) is 5.41 Å². The van der Waals surface area contributed by atoms with Crippen molar-refractivity contribution in [2.75, 3.05) is 13.1 Å². The molecule has 1 fully saturated rings. The van der Waals surface area contributed by atoms with E-state index in [4.69, 9.17) is 5.26 Å². The van der Waals surface area contributed by atoms with E-state index in [0.29, 0.717) is 0 Å². The fraction of sp³-hybridized carbons (Fsp3) is 0.917. The predicted molar refractivity (Wildman–Crippen MR) is 58.8 cm³/mol. The first-order valence-corrected chi connectivity index (χ1v) is 5.76. The fourth-order valence-corrected chi connectivity index (χ4v) is 1.67. The molecule has 1 rings (SSSR count). The Hall–Kier alpha value is -0.550. The predicted octanol–water partition coefficient (Wildman–Crippen LogP) is 2.71. The van der Waals surface area contributed by atoms with Crippen LogP contribution in [0, 0.1) is 22.7 Å². The highest BCUT2D eigenvalue weighted by atomic mass is 14.8. The van der Waals surface area contributed by atoms with Gasteiger partial charge in [-0.2, -0.15) is 5.26 Å². The lowest BCUT2D eigenvalue weighted by molar-refractivity contribution is 0.290. The van der Waals surface area contributed by atoms with Crippen LogP contribution in [-0.4, -0.2) is 13.1 Å². The topological polar surface area (TPSA) is 35.8 Å². The van der Waals surface area contributed by atoms with E-state index in [9.17, 15) is 0 Å². The quantitative estimate of drug-likeness (QED) is 0.660. The van der Waals surface area contributed by atoms with Gasteiger partial charge in [-0.05, 0) is 45.7 Å². The van der Waals surface area contributed by atoms with E-state index in [1.807, 2.05) is 13.8 Å². The van der Waals surface area contributed by atoms with Gasteiger partial charge in [-0.3, -0.25) is 0 Å². The van der Waals surface area contributed by atoms with Gasteiger partial charge in [-0.1, -0.05) is 19.3 Å². The number of hydrogen-bond donors (Lipinski definition) is 1. The van der Waals surface area contributed by atoms with Crippen molar-refractivity contribution in [3.8, 4) is 6.07 Å². The molecular weight excluding hydrogens is 172 g/mol. The summed E-state index contributed by atoms with van der Waals surface area (Å²) in [5.74, 6) is 0.992. The van der Waals surface area contributed by atoms with Gasteiger partial charge in [0.1, 0.15) is 0 Å². The highest BCUT2D eigenvalue weighted by molar-refractivity contribution is 4.91. The van der Waals surface area contributed by atoms with Gasteiger partial charge in [0.2, 0.25) is 0 Å². The largest absolute Gasteiger partial charge is 0.317 e. The molecule has 0 heterocycles. The molecule has 0 aromatic carbocycles. The number of nitriles is 1. The zero-order chi connectivity index (χ0) is 10.4. The molecule has 0 amide bonds. The Morgan fingerprint density at radius 2 is 2.07 bits per heavy atom. The van der Waals surface area contributed by atoms with Crippen molar-refractivity contribution in [2.45, 2.75) is 46.0 Å². The van der Waals surface area contributed by atoms with Crippen LogP contribution in [0.3, 0.4) is 0 Å². The highest BCUT2D eigenvalue weighted by Gasteiger charge is 2.17. The summed E-state index contributed by atoms with van der Waals surface area (Å²) in [7, 11) is 0. The Morgan fingerprint density at radius 1 is 1.36 bits per heavy atom. The minimum Gasteiger partial charge on any atom is -0.317 e. The van der Waals surface area contributed by atoms with E-state index in [0.717, 1.165) is 25.4 Å². The molecule has 14 heavy (non-hydrogen) atoms. The van der Waals surface area contributed by atoms with Crippen LogP contribution in [0.15, 0.2) is 0 Å². The number of nitrogens with zero attached hydrogens (tertiary/aromatic N) is 1. The molecule has 0 bridgehead atoms. The third-order valence-electron chi connectivity index (χ3n) is 3.18. The molecule has 2 heteroatoms. The Kier molecular flexibility index (Phi) is 4.41. The van der Waals surface area contributed by atoms with E-state index >= 15 is 0 Å². The molecule has 0 unspecified atom stereocenters. The third-order valence-corrected chi connectivity index (χ3v) is 3.18.